The maximum Gasteiger partial charge on any atom is 0.256 e. The van der Waals surface area contributed by atoms with Gasteiger partial charge in [0.25, 0.3) is 5.91 Å². The second kappa shape index (κ2) is 8.26. The first-order valence-electron chi connectivity index (χ1n) is 11.7. The van der Waals surface area contributed by atoms with Crippen molar-refractivity contribution in [2.75, 3.05) is 37.6 Å². The third kappa shape index (κ3) is 3.95. The van der Waals surface area contributed by atoms with Gasteiger partial charge in [-0.15, -0.1) is 0 Å². The molecule has 1 aliphatic heterocycles. The second-order valence-electron chi connectivity index (χ2n) is 9.21. The number of benzene rings is 1. The molecule has 6 nitrogen and oxygen atoms in total. The first-order chi connectivity index (χ1) is 15.0. The van der Waals surface area contributed by atoms with Gasteiger partial charge in [-0.1, -0.05) is 19.8 Å². The summed E-state index contributed by atoms with van der Waals surface area (Å²) >= 11 is 0. The summed E-state index contributed by atoms with van der Waals surface area (Å²) in [6, 6.07) is 3.59. The predicted octanol–water partition coefficient (Wildman–Crippen LogP) is 3.29. The quantitative estimate of drug-likeness (QED) is 0.797. The van der Waals surface area contributed by atoms with Crippen molar-refractivity contribution in [2.45, 2.75) is 57.5 Å². The zero-order valence-electron chi connectivity index (χ0n) is 18.2. The van der Waals surface area contributed by atoms with Gasteiger partial charge >= 0.3 is 0 Å². The third-order valence-corrected chi connectivity index (χ3v) is 7.14. The molecule has 2 heterocycles. The molecule has 5 rings (SSSR count). The number of anilines is 1. The van der Waals surface area contributed by atoms with Crippen molar-refractivity contribution in [3.63, 3.8) is 0 Å². The van der Waals surface area contributed by atoms with Crippen LogP contribution in [0.25, 0.3) is 10.9 Å². The number of nitrogens with one attached hydrogen (secondary N) is 1. The molecule has 0 unspecified atom stereocenters. The molecule has 0 spiro atoms. The van der Waals surface area contributed by atoms with Crippen molar-refractivity contribution in [3.05, 3.63) is 39.9 Å². The summed E-state index contributed by atoms with van der Waals surface area (Å²) in [6.45, 7) is 6.49. The van der Waals surface area contributed by atoms with Crippen LogP contribution in [0.4, 0.5) is 10.1 Å². The minimum absolute atomic E-state index is 0.134. The Labute approximate surface area is 182 Å². The van der Waals surface area contributed by atoms with Gasteiger partial charge in [0.15, 0.2) is 0 Å². The maximum atomic E-state index is 15.2. The number of aromatic nitrogens is 1. The molecule has 1 saturated heterocycles. The summed E-state index contributed by atoms with van der Waals surface area (Å²) in [7, 11) is 0. The van der Waals surface area contributed by atoms with Crippen molar-refractivity contribution in [3.8, 4) is 0 Å². The van der Waals surface area contributed by atoms with Gasteiger partial charge < -0.3 is 19.7 Å². The molecular formula is C24H31FN4O2. The van der Waals surface area contributed by atoms with E-state index in [9.17, 15) is 9.59 Å². The number of likely N-dealkylation sites (N-methyl/N-ethyl adjacent to an activating group) is 1. The molecule has 1 amide bonds. The Morgan fingerprint density at radius 3 is 2.45 bits per heavy atom. The smallest absolute Gasteiger partial charge is 0.256 e. The molecule has 1 N–H and O–H groups in total. The first-order valence-corrected chi connectivity index (χ1v) is 11.7. The van der Waals surface area contributed by atoms with E-state index in [1.165, 1.54) is 6.07 Å². The van der Waals surface area contributed by atoms with Crippen LogP contribution in [0, 0.1) is 5.82 Å². The third-order valence-electron chi connectivity index (χ3n) is 7.14. The Morgan fingerprint density at radius 1 is 1.10 bits per heavy atom. The van der Waals surface area contributed by atoms with Gasteiger partial charge in [0.1, 0.15) is 11.4 Å². The lowest BCUT2D eigenvalue weighted by Crippen LogP contribution is -2.46. The molecule has 2 saturated carbocycles. The number of amides is 1. The molecule has 1 aromatic heterocycles. The SMILES string of the molecule is CCN1CCN(c2cc3c(cc2F)c(=O)c(C(=O)NC2CCCC2)cn3C2CC2)CC1. The molecule has 3 aliphatic rings. The Kier molecular flexibility index (Phi) is 5.46. The topological polar surface area (TPSA) is 57.6 Å². The molecular weight excluding hydrogens is 395 g/mol. The van der Waals surface area contributed by atoms with E-state index >= 15 is 4.39 Å². The van der Waals surface area contributed by atoms with Crippen LogP contribution in [0.2, 0.25) is 0 Å². The largest absolute Gasteiger partial charge is 0.367 e. The summed E-state index contributed by atoms with van der Waals surface area (Å²) in [6.07, 6.45) is 7.88. The van der Waals surface area contributed by atoms with Gasteiger partial charge in [-0.2, -0.15) is 0 Å². The molecule has 3 fully saturated rings. The zero-order valence-corrected chi connectivity index (χ0v) is 18.2. The van der Waals surface area contributed by atoms with Crippen LogP contribution >= 0.6 is 0 Å². The molecule has 7 heteroatoms. The van der Waals surface area contributed by atoms with Gasteiger partial charge in [0.05, 0.1) is 11.2 Å². The van der Waals surface area contributed by atoms with Gasteiger partial charge in [-0.25, -0.2) is 4.39 Å². The molecule has 0 atom stereocenters. The molecule has 2 aromatic rings. The van der Waals surface area contributed by atoms with Crippen LogP contribution < -0.4 is 15.6 Å². The molecule has 2 aliphatic carbocycles. The van der Waals surface area contributed by atoms with Gasteiger partial charge in [-0.3, -0.25) is 9.59 Å². The van der Waals surface area contributed by atoms with Crippen molar-refractivity contribution in [2.24, 2.45) is 0 Å². The minimum atomic E-state index is -0.384. The van der Waals surface area contributed by atoms with E-state index in [1.807, 2.05) is 10.6 Å². The van der Waals surface area contributed by atoms with Crippen LogP contribution in [-0.4, -0.2) is 54.1 Å². The number of carbonyl (C=O) groups excluding carboxylic acids is 1. The molecule has 31 heavy (non-hydrogen) atoms. The van der Waals surface area contributed by atoms with E-state index in [0.29, 0.717) is 11.1 Å². The number of carbonyl (C=O) groups is 1. The molecule has 0 radical (unpaired) electrons. The predicted molar refractivity (Wildman–Crippen MR) is 120 cm³/mol. The van der Waals surface area contributed by atoms with Crippen molar-refractivity contribution < 1.29 is 9.18 Å². The number of fused-ring (bicyclic) bond motifs is 1. The van der Waals surface area contributed by atoms with E-state index in [1.54, 1.807) is 6.20 Å². The van der Waals surface area contributed by atoms with Crippen LogP contribution in [0.3, 0.4) is 0 Å². The van der Waals surface area contributed by atoms with Crippen molar-refractivity contribution >= 4 is 22.5 Å². The van der Waals surface area contributed by atoms with Crippen LogP contribution in [0.15, 0.2) is 23.1 Å². The number of nitrogens with zero attached hydrogens (tertiary/aromatic N) is 3. The summed E-state index contributed by atoms with van der Waals surface area (Å²) in [4.78, 5) is 30.5. The summed E-state index contributed by atoms with van der Waals surface area (Å²) in [5.41, 5.74) is 1.05. The Hall–Kier alpha value is -2.41. The summed E-state index contributed by atoms with van der Waals surface area (Å²) in [5.74, 6) is -0.710. The van der Waals surface area contributed by atoms with Crippen LogP contribution in [0.1, 0.15) is 61.8 Å². The number of pyridine rings is 1. The zero-order chi connectivity index (χ0) is 21.5. The number of hydrogen-bond donors (Lipinski definition) is 1. The van der Waals surface area contributed by atoms with Crippen molar-refractivity contribution in [1.29, 1.82) is 0 Å². The van der Waals surface area contributed by atoms with Crippen molar-refractivity contribution in [1.82, 2.24) is 14.8 Å². The fraction of sp³-hybridized carbons (Fsp3) is 0.583. The fourth-order valence-corrected chi connectivity index (χ4v) is 5.06. The second-order valence-corrected chi connectivity index (χ2v) is 9.21. The molecule has 1 aromatic carbocycles. The van der Waals surface area contributed by atoms with Gasteiger partial charge in [0.2, 0.25) is 5.43 Å². The highest BCUT2D eigenvalue weighted by molar-refractivity contribution is 5.98. The van der Waals surface area contributed by atoms with E-state index < -0.39 is 0 Å². The Morgan fingerprint density at radius 2 is 1.81 bits per heavy atom. The monoisotopic (exact) mass is 426 g/mol. The van der Waals surface area contributed by atoms with E-state index in [-0.39, 0.29) is 34.8 Å². The maximum absolute atomic E-state index is 15.2. The summed E-state index contributed by atoms with van der Waals surface area (Å²) < 4.78 is 17.2. The molecule has 166 valence electrons. The van der Waals surface area contributed by atoms with Crippen LogP contribution in [0.5, 0.6) is 0 Å². The van der Waals surface area contributed by atoms with Crippen LogP contribution in [-0.2, 0) is 0 Å². The van der Waals surface area contributed by atoms with E-state index in [2.05, 4.69) is 22.0 Å². The minimum Gasteiger partial charge on any atom is -0.367 e. The number of halogens is 1. The summed E-state index contributed by atoms with van der Waals surface area (Å²) in [5, 5.41) is 3.32. The lowest BCUT2D eigenvalue weighted by atomic mass is 10.1. The first kappa shape index (κ1) is 20.5. The Bertz CT molecular complexity index is 1050. The van der Waals surface area contributed by atoms with E-state index in [0.717, 1.165) is 76.8 Å². The van der Waals surface area contributed by atoms with Gasteiger partial charge in [-0.05, 0) is 44.4 Å². The average Bonchev–Trinajstić information content (AvgIpc) is 3.50. The highest BCUT2D eigenvalue weighted by Crippen LogP contribution is 2.38. The van der Waals surface area contributed by atoms with Gasteiger partial charge in [0, 0.05) is 49.8 Å². The highest BCUT2D eigenvalue weighted by Gasteiger charge is 2.29. The average molecular weight is 427 g/mol. The lowest BCUT2D eigenvalue weighted by Gasteiger charge is -2.35. The highest BCUT2D eigenvalue weighted by atomic mass is 19.1. The fourth-order valence-electron chi connectivity index (χ4n) is 5.06. The normalized spacial score (nSPS) is 20.5. The molecule has 0 bridgehead atoms. The Balaban J connectivity index is 1.53. The number of rotatable bonds is 5. The lowest BCUT2D eigenvalue weighted by molar-refractivity contribution is 0.0936. The standard InChI is InChI=1S/C24H31FN4O2/c1-2-27-9-11-28(12-10-27)22-14-21-18(13-20(22)25)23(30)19(15-29(21)17-7-8-17)24(31)26-16-5-3-4-6-16/h13-17H,2-12H2,1H3,(H,26,31). The van der Waals surface area contributed by atoms with E-state index in [4.69, 9.17) is 0 Å². The number of piperazine rings is 1. The number of hydrogen-bond acceptors (Lipinski definition) is 4.